The molecule has 1 aromatic carbocycles. The van der Waals surface area contributed by atoms with Gasteiger partial charge in [0.2, 0.25) is 0 Å². The minimum atomic E-state index is -0.649. The number of nitrogens with zero attached hydrogens (tertiary/aromatic N) is 2. The zero-order valence-corrected chi connectivity index (χ0v) is 15.9. The molecule has 1 amide bonds. The molecule has 1 saturated heterocycles. The number of hydrogen-bond donors (Lipinski definition) is 2. The van der Waals surface area contributed by atoms with Crippen LogP contribution < -0.4 is 15.6 Å². The monoisotopic (exact) mass is 395 g/mol. The molecular weight excluding hydrogens is 374 g/mol. The summed E-state index contributed by atoms with van der Waals surface area (Å²) in [5.74, 6) is -0.393. The highest BCUT2D eigenvalue weighted by atomic mass is 16.5. The average molecular weight is 395 g/mol. The van der Waals surface area contributed by atoms with Crippen molar-refractivity contribution in [2.45, 2.75) is 18.9 Å². The topological polar surface area (TPSA) is 103 Å². The maximum atomic E-state index is 13.2. The van der Waals surface area contributed by atoms with E-state index in [0.717, 1.165) is 12.8 Å². The van der Waals surface area contributed by atoms with Crippen LogP contribution in [0.5, 0.6) is 11.5 Å². The van der Waals surface area contributed by atoms with Crippen molar-refractivity contribution < 1.29 is 19.4 Å². The maximum absolute atomic E-state index is 13.2. The van der Waals surface area contributed by atoms with Gasteiger partial charge in [0, 0.05) is 19.3 Å². The molecule has 2 N–H and O–H groups in total. The first kappa shape index (κ1) is 18.9. The molecule has 2 aromatic heterocycles. The van der Waals surface area contributed by atoms with E-state index in [-0.39, 0.29) is 29.6 Å². The van der Waals surface area contributed by atoms with Gasteiger partial charge in [0.05, 0.1) is 24.3 Å². The number of rotatable bonds is 5. The van der Waals surface area contributed by atoms with Gasteiger partial charge in [-0.05, 0) is 49.2 Å². The number of aromatic hydroxyl groups is 1. The molecule has 150 valence electrons. The Morgan fingerprint density at radius 3 is 2.83 bits per heavy atom. The van der Waals surface area contributed by atoms with Gasteiger partial charge in [-0.3, -0.25) is 14.2 Å². The number of methoxy groups -OCH3 is 1. The van der Waals surface area contributed by atoms with Gasteiger partial charge in [-0.2, -0.15) is 0 Å². The molecular formula is C21H21N3O5. The largest absolute Gasteiger partial charge is 0.506 e. The van der Waals surface area contributed by atoms with Crippen LogP contribution in [-0.4, -0.2) is 46.9 Å². The van der Waals surface area contributed by atoms with Crippen LogP contribution in [0.2, 0.25) is 0 Å². The van der Waals surface area contributed by atoms with Gasteiger partial charge in [-0.1, -0.05) is 0 Å². The summed E-state index contributed by atoms with van der Waals surface area (Å²) in [4.78, 5) is 30.3. The van der Waals surface area contributed by atoms with Crippen LogP contribution in [0.25, 0.3) is 16.7 Å². The third kappa shape index (κ3) is 3.54. The van der Waals surface area contributed by atoms with Crippen molar-refractivity contribution in [3.05, 3.63) is 58.5 Å². The van der Waals surface area contributed by atoms with Gasteiger partial charge in [-0.15, -0.1) is 0 Å². The summed E-state index contributed by atoms with van der Waals surface area (Å²) < 4.78 is 12.0. The molecule has 0 aliphatic carbocycles. The second-order valence-corrected chi connectivity index (χ2v) is 6.78. The molecule has 4 rings (SSSR count). The molecule has 0 saturated carbocycles. The molecule has 1 fully saturated rings. The summed E-state index contributed by atoms with van der Waals surface area (Å²) in [5, 5.41) is 13.7. The quantitative estimate of drug-likeness (QED) is 0.685. The molecule has 0 bridgehead atoms. The van der Waals surface area contributed by atoms with Crippen molar-refractivity contribution in [3.8, 4) is 17.2 Å². The van der Waals surface area contributed by atoms with E-state index in [4.69, 9.17) is 9.47 Å². The maximum Gasteiger partial charge on any atom is 0.273 e. The van der Waals surface area contributed by atoms with E-state index in [1.807, 2.05) is 0 Å². The number of fused-ring (bicyclic) bond motifs is 1. The number of benzene rings is 1. The summed E-state index contributed by atoms with van der Waals surface area (Å²) in [6.45, 7) is 0.947. The summed E-state index contributed by atoms with van der Waals surface area (Å²) in [6.07, 6.45) is 3.24. The van der Waals surface area contributed by atoms with Crippen LogP contribution >= 0.6 is 0 Å². The summed E-state index contributed by atoms with van der Waals surface area (Å²) in [6, 6.07) is 10.1. The molecule has 8 nitrogen and oxygen atoms in total. The molecule has 29 heavy (non-hydrogen) atoms. The Labute approximate surface area is 166 Å². The lowest BCUT2D eigenvalue weighted by molar-refractivity contribution is 0.0854. The molecule has 0 radical (unpaired) electrons. The highest BCUT2D eigenvalue weighted by Gasteiger charge is 2.25. The first-order chi connectivity index (χ1) is 14.1. The number of hydrogen-bond acceptors (Lipinski definition) is 6. The Morgan fingerprint density at radius 2 is 2.14 bits per heavy atom. The van der Waals surface area contributed by atoms with E-state index in [0.29, 0.717) is 23.4 Å². The zero-order chi connectivity index (χ0) is 20.4. The predicted octanol–water partition coefficient (Wildman–Crippen LogP) is 2.01. The van der Waals surface area contributed by atoms with Gasteiger partial charge in [0.1, 0.15) is 17.1 Å². The van der Waals surface area contributed by atoms with Crippen LogP contribution in [0, 0.1) is 0 Å². The molecule has 1 atom stereocenters. The van der Waals surface area contributed by atoms with Crippen LogP contribution in [0.4, 0.5) is 0 Å². The molecule has 8 heteroatoms. The average Bonchev–Trinajstić information content (AvgIpc) is 3.27. The van der Waals surface area contributed by atoms with Crippen molar-refractivity contribution in [2.75, 3.05) is 20.3 Å². The fourth-order valence-electron chi connectivity index (χ4n) is 3.48. The van der Waals surface area contributed by atoms with Gasteiger partial charge in [0.25, 0.3) is 11.5 Å². The van der Waals surface area contributed by atoms with Gasteiger partial charge < -0.3 is 19.9 Å². The smallest absolute Gasteiger partial charge is 0.273 e. The van der Waals surface area contributed by atoms with Gasteiger partial charge >= 0.3 is 0 Å². The Bertz CT molecular complexity index is 1100. The first-order valence-electron chi connectivity index (χ1n) is 9.37. The van der Waals surface area contributed by atoms with Gasteiger partial charge in [0.15, 0.2) is 5.65 Å². The Hall–Kier alpha value is -3.39. The van der Waals surface area contributed by atoms with Crippen LogP contribution in [-0.2, 0) is 4.74 Å². The molecule has 1 aliphatic heterocycles. The summed E-state index contributed by atoms with van der Waals surface area (Å²) in [7, 11) is 1.55. The molecule has 0 unspecified atom stereocenters. The number of amides is 1. The molecule has 0 spiro atoms. The van der Waals surface area contributed by atoms with Crippen molar-refractivity contribution in [1.29, 1.82) is 0 Å². The molecule has 3 heterocycles. The fraction of sp³-hybridized carbons (Fsp3) is 0.286. The van der Waals surface area contributed by atoms with E-state index in [2.05, 4.69) is 10.3 Å². The number of carbonyl (C=O) groups is 1. The van der Waals surface area contributed by atoms with Crippen LogP contribution in [0.15, 0.2) is 47.4 Å². The second-order valence-electron chi connectivity index (χ2n) is 6.78. The molecule has 1 aliphatic rings. The number of ether oxygens (including phenoxy) is 2. The highest BCUT2D eigenvalue weighted by Crippen LogP contribution is 2.27. The van der Waals surface area contributed by atoms with Crippen molar-refractivity contribution in [3.63, 3.8) is 0 Å². The SMILES string of the molecule is COc1ccc(-n2c(=O)c(C(=O)NC[C@H]3CCCO3)c(O)c3cccnc32)cc1. The summed E-state index contributed by atoms with van der Waals surface area (Å²) in [5.41, 5.74) is -0.202. The van der Waals surface area contributed by atoms with E-state index < -0.39 is 11.5 Å². The normalized spacial score (nSPS) is 16.1. The van der Waals surface area contributed by atoms with E-state index in [1.54, 1.807) is 43.5 Å². The van der Waals surface area contributed by atoms with E-state index in [1.165, 1.54) is 10.8 Å². The highest BCUT2D eigenvalue weighted by molar-refractivity contribution is 6.02. The number of aromatic nitrogens is 2. The second kappa shape index (κ2) is 7.92. The first-order valence-corrected chi connectivity index (χ1v) is 9.37. The van der Waals surface area contributed by atoms with Crippen LogP contribution in [0.1, 0.15) is 23.2 Å². The Balaban J connectivity index is 1.82. The standard InChI is InChI=1S/C21H21N3O5/c1-28-14-8-6-13(7-9-14)24-19-16(5-2-10-22-19)18(25)17(21(24)27)20(26)23-12-15-4-3-11-29-15/h2,5-10,15,25H,3-4,11-12H2,1H3,(H,23,26)/t15-/m1/s1. The number of carbonyl (C=O) groups excluding carboxylic acids is 1. The lowest BCUT2D eigenvalue weighted by Gasteiger charge is -2.15. The lowest BCUT2D eigenvalue weighted by Crippen LogP contribution is -2.36. The van der Waals surface area contributed by atoms with Crippen molar-refractivity contribution in [2.24, 2.45) is 0 Å². The third-order valence-electron chi connectivity index (χ3n) is 4.98. The lowest BCUT2D eigenvalue weighted by atomic mass is 10.1. The van der Waals surface area contributed by atoms with Crippen LogP contribution in [0.3, 0.4) is 0 Å². The minimum Gasteiger partial charge on any atom is -0.506 e. The Morgan fingerprint density at radius 1 is 1.34 bits per heavy atom. The van der Waals surface area contributed by atoms with Gasteiger partial charge in [-0.25, -0.2) is 4.98 Å². The molecule has 3 aromatic rings. The third-order valence-corrected chi connectivity index (χ3v) is 4.98. The minimum absolute atomic E-state index is 0.0768. The van der Waals surface area contributed by atoms with E-state index in [9.17, 15) is 14.7 Å². The zero-order valence-electron chi connectivity index (χ0n) is 15.9. The van der Waals surface area contributed by atoms with Crippen molar-refractivity contribution >= 4 is 16.9 Å². The van der Waals surface area contributed by atoms with E-state index >= 15 is 0 Å². The van der Waals surface area contributed by atoms with Crippen molar-refractivity contribution in [1.82, 2.24) is 14.9 Å². The number of nitrogens with one attached hydrogen (secondary N) is 1. The summed E-state index contributed by atoms with van der Waals surface area (Å²) >= 11 is 0. The number of pyridine rings is 2. The predicted molar refractivity (Wildman–Crippen MR) is 107 cm³/mol. The Kier molecular flexibility index (Phi) is 5.18. The fourth-order valence-corrected chi connectivity index (χ4v) is 3.48.